The highest BCUT2D eigenvalue weighted by Gasteiger charge is 2.04. The second-order valence-electron chi connectivity index (χ2n) is 3.39. The molecule has 0 saturated carbocycles. The van der Waals surface area contributed by atoms with E-state index in [-0.39, 0.29) is 5.56 Å². The maximum atomic E-state index is 12.9. The summed E-state index contributed by atoms with van der Waals surface area (Å²) in [5.41, 5.74) is 0.124. The van der Waals surface area contributed by atoms with E-state index in [1.807, 2.05) is 0 Å². The third kappa shape index (κ3) is 2.81. The quantitative estimate of drug-likeness (QED) is 0.882. The van der Waals surface area contributed by atoms with Gasteiger partial charge in [0.15, 0.2) is 0 Å². The smallest absolute Gasteiger partial charge is 0.335 e. The highest BCUT2D eigenvalue weighted by Crippen LogP contribution is 2.22. The van der Waals surface area contributed by atoms with Crippen molar-refractivity contribution >= 4 is 5.97 Å². The first-order valence-electron chi connectivity index (χ1n) is 4.92. The van der Waals surface area contributed by atoms with E-state index in [0.717, 1.165) is 0 Å². The minimum Gasteiger partial charge on any atom is -0.478 e. The summed E-state index contributed by atoms with van der Waals surface area (Å²) in [6.07, 6.45) is 0. The Morgan fingerprint density at radius 1 is 1.06 bits per heavy atom. The van der Waals surface area contributed by atoms with E-state index in [0.29, 0.717) is 11.5 Å². The van der Waals surface area contributed by atoms with E-state index in [1.165, 1.54) is 30.3 Å². The zero-order valence-electron chi connectivity index (χ0n) is 8.76. The Bertz CT molecular complexity index is 552. The lowest BCUT2D eigenvalue weighted by atomic mass is 10.2. The summed E-state index contributed by atoms with van der Waals surface area (Å²) < 4.78 is 18.2. The molecular weight excluding hydrogens is 223 g/mol. The summed E-state index contributed by atoms with van der Waals surface area (Å²) >= 11 is 0. The van der Waals surface area contributed by atoms with Gasteiger partial charge in [-0.25, -0.2) is 9.18 Å². The zero-order chi connectivity index (χ0) is 12.3. The molecule has 0 aromatic heterocycles. The van der Waals surface area contributed by atoms with Crippen molar-refractivity contribution in [2.45, 2.75) is 0 Å². The summed E-state index contributed by atoms with van der Waals surface area (Å²) in [7, 11) is 0. The molecule has 0 fully saturated rings. The standard InChI is InChI=1S/C13H9FO3/c14-10-4-2-6-12(8-10)17-11-5-1-3-9(7-11)13(15)16/h1-8H,(H,15,16). The summed E-state index contributed by atoms with van der Waals surface area (Å²) in [5.74, 6) is -0.755. The van der Waals surface area contributed by atoms with E-state index in [1.54, 1.807) is 18.2 Å². The zero-order valence-corrected chi connectivity index (χ0v) is 8.76. The number of hydrogen-bond donors (Lipinski definition) is 1. The van der Waals surface area contributed by atoms with Crippen LogP contribution in [0.15, 0.2) is 48.5 Å². The summed E-state index contributed by atoms with van der Waals surface area (Å²) in [6, 6.07) is 11.7. The monoisotopic (exact) mass is 232 g/mol. The van der Waals surface area contributed by atoms with Crippen LogP contribution in [0.25, 0.3) is 0 Å². The Balaban J connectivity index is 2.24. The molecule has 0 atom stereocenters. The lowest BCUT2D eigenvalue weighted by Gasteiger charge is -2.06. The van der Waals surface area contributed by atoms with Crippen molar-refractivity contribution in [2.24, 2.45) is 0 Å². The van der Waals surface area contributed by atoms with Crippen LogP contribution in [0.4, 0.5) is 4.39 Å². The lowest BCUT2D eigenvalue weighted by Crippen LogP contribution is -1.96. The predicted molar refractivity (Wildman–Crippen MR) is 59.9 cm³/mol. The fraction of sp³-hybridized carbons (Fsp3) is 0. The van der Waals surface area contributed by atoms with Crippen molar-refractivity contribution in [3.63, 3.8) is 0 Å². The average Bonchev–Trinajstić information content (AvgIpc) is 2.29. The summed E-state index contributed by atoms with van der Waals surface area (Å²) in [6.45, 7) is 0. The van der Waals surface area contributed by atoms with Gasteiger partial charge in [0.05, 0.1) is 5.56 Å². The summed E-state index contributed by atoms with van der Waals surface area (Å²) in [5, 5.41) is 8.80. The lowest BCUT2D eigenvalue weighted by molar-refractivity contribution is 0.0696. The number of halogens is 1. The maximum absolute atomic E-state index is 12.9. The predicted octanol–water partition coefficient (Wildman–Crippen LogP) is 3.32. The van der Waals surface area contributed by atoms with Gasteiger partial charge in [-0.05, 0) is 30.3 Å². The molecule has 2 aromatic carbocycles. The van der Waals surface area contributed by atoms with Crippen LogP contribution in [-0.2, 0) is 0 Å². The van der Waals surface area contributed by atoms with Gasteiger partial charge in [0.2, 0.25) is 0 Å². The molecular formula is C13H9FO3. The first kappa shape index (κ1) is 11.1. The molecule has 0 spiro atoms. The highest BCUT2D eigenvalue weighted by molar-refractivity contribution is 5.88. The normalized spacial score (nSPS) is 9.94. The van der Waals surface area contributed by atoms with E-state index >= 15 is 0 Å². The second kappa shape index (κ2) is 4.65. The molecule has 0 heterocycles. The van der Waals surface area contributed by atoms with Crippen molar-refractivity contribution < 1.29 is 19.0 Å². The number of rotatable bonds is 3. The van der Waals surface area contributed by atoms with Gasteiger partial charge in [0.25, 0.3) is 0 Å². The van der Waals surface area contributed by atoms with E-state index in [4.69, 9.17) is 9.84 Å². The Morgan fingerprint density at radius 2 is 1.71 bits per heavy atom. The van der Waals surface area contributed by atoms with Crippen molar-refractivity contribution in [1.82, 2.24) is 0 Å². The van der Waals surface area contributed by atoms with Gasteiger partial charge in [-0.1, -0.05) is 12.1 Å². The van der Waals surface area contributed by atoms with Crippen LogP contribution < -0.4 is 4.74 Å². The third-order valence-corrected chi connectivity index (χ3v) is 2.11. The van der Waals surface area contributed by atoms with Gasteiger partial charge in [-0.3, -0.25) is 0 Å². The van der Waals surface area contributed by atoms with Crippen molar-refractivity contribution in [2.75, 3.05) is 0 Å². The molecule has 0 unspecified atom stereocenters. The summed E-state index contributed by atoms with van der Waals surface area (Å²) in [4.78, 5) is 10.7. The topological polar surface area (TPSA) is 46.5 Å². The molecule has 0 aliphatic rings. The maximum Gasteiger partial charge on any atom is 0.335 e. The number of carbonyl (C=O) groups is 1. The van der Waals surface area contributed by atoms with Crippen molar-refractivity contribution in [1.29, 1.82) is 0 Å². The number of carboxylic acids is 1. The van der Waals surface area contributed by atoms with Gasteiger partial charge in [0, 0.05) is 6.07 Å². The second-order valence-corrected chi connectivity index (χ2v) is 3.39. The molecule has 86 valence electrons. The van der Waals surface area contributed by atoms with Crippen molar-refractivity contribution in [3.05, 3.63) is 59.9 Å². The number of carboxylic acid groups (broad SMARTS) is 1. The highest BCUT2D eigenvalue weighted by atomic mass is 19.1. The van der Waals surface area contributed by atoms with Gasteiger partial charge in [-0.2, -0.15) is 0 Å². The molecule has 0 radical (unpaired) electrons. The molecule has 4 heteroatoms. The van der Waals surface area contributed by atoms with Crippen LogP contribution in [0.1, 0.15) is 10.4 Å². The largest absolute Gasteiger partial charge is 0.478 e. The molecule has 17 heavy (non-hydrogen) atoms. The molecule has 2 aromatic rings. The fourth-order valence-electron chi connectivity index (χ4n) is 1.36. The minimum atomic E-state index is -1.03. The average molecular weight is 232 g/mol. The van der Waals surface area contributed by atoms with Crippen LogP contribution in [0.5, 0.6) is 11.5 Å². The number of aromatic carboxylic acids is 1. The van der Waals surface area contributed by atoms with Gasteiger partial charge in [-0.15, -0.1) is 0 Å². The third-order valence-electron chi connectivity index (χ3n) is 2.11. The van der Waals surface area contributed by atoms with Crippen LogP contribution in [0, 0.1) is 5.82 Å². The van der Waals surface area contributed by atoms with E-state index in [9.17, 15) is 9.18 Å². The number of benzene rings is 2. The molecule has 0 saturated heterocycles. The first-order chi connectivity index (χ1) is 8.15. The molecule has 1 N–H and O–H groups in total. The first-order valence-corrected chi connectivity index (χ1v) is 4.92. The van der Waals surface area contributed by atoms with Crippen LogP contribution in [0.2, 0.25) is 0 Å². The Labute approximate surface area is 97.1 Å². The molecule has 0 aliphatic carbocycles. The number of hydrogen-bond acceptors (Lipinski definition) is 2. The van der Waals surface area contributed by atoms with Crippen LogP contribution in [-0.4, -0.2) is 11.1 Å². The molecule has 0 amide bonds. The SMILES string of the molecule is O=C(O)c1cccc(Oc2cccc(F)c2)c1. The van der Waals surface area contributed by atoms with Crippen LogP contribution in [0.3, 0.4) is 0 Å². The molecule has 2 rings (SSSR count). The fourth-order valence-corrected chi connectivity index (χ4v) is 1.36. The van der Waals surface area contributed by atoms with E-state index in [2.05, 4.69) is 0 Å². The molecule has 3 nitrogen and oxygen atoms in total. The number of ether oxygens (including phenoxy) is 1. The minimum absolute atomic E-state index is 0.124. The molecule has 0 bridgehead atoms. The van der Waals surface area contributed by atoms with Gasteiger partial charge < -0.3 is 9.84 Å². The Morgan fingerprint density at radius 3 is 2.35 bits per heavy atom. The van der Waals surface area contributed by atoms with Crippen LogP contribution >= 0.6 is 0 Å². The van der Waals surface area contributed by atoms with Crippen molar-refractivity contribution in [3.8, 4) is 11.5 Å². The Kier molecular flexibility index (Phi) is 3.05. The Hall–Kier alpha value is -2.36. The van der Waals surface area contributed by atoms with Gasteiger partial charge in [0.1, 0.15) is 17.3 Å². The molecule has 0 aliphatic heterocycles. The van der Waals surface area contributed by atoms with Gasteiger partial charge >= 0.3 is 5.97 Å². The van der Waals surface area contributed by atoms with E-state index < -0.39 is 11.8 Å².